The summed E-state index contributed by atoms with van der Waals surface area (Å²) in [6, 6.07) is 4.11. The van der Waals surface area contributed by atoms with E-state index in [1.165, 1.54) is 5.69 Å². The highest BCUT2D eigenvalue weighted by Gasteiger charge is 2.14. The maximum absolute atomic E-state index is 9.26. The smallest absolute Gasteiger partial charge is 0.0611 e. The highest BCUT2D eigenvalue weighted by atomic mass is 16.3. The molecule has 1 aromatic rings. The molecule has 0 saturated carbocycles. The molecular formula is C8H11NO. The molecule has 0 amide bonds. The molecule has 2 heterocycles. The fourth-order valence-electron chi connectivity index (χ4n) is 1.48. The standard InChI is InChI=1S/C8H11NO/c10-8-3-5-9-4-1-2-7(9)6-8/h1-2,4,8,10H,3,5-6H2/t8-/m1/s1. The largest absolute Gasteiger partial charge is 0.393 e. The Labute approximate surface area is 60.1 Å². The predicted molar refractivity (Wildman–Crippen MR) is 38.8 cm³/mol. The molecule has 54 valence electrons. The van der Waals surface area contributed by atoms with Crippen molar-refractivity contribution in [3.05, 3.63) is 24.0 Å². The number of nitrogens with zero attached hydrogens (tertiary/aromatic N) is 1. The first-order chi connectivity index (χ1) is 4.86. The van der Waals surface area contributed by atoms with Crippen LogP contribution >= 0.6 is 0 Å². The van der Waals surface area contributed by atoms with Crippen LogP contribution in [0.5, 0.6) is 0 Å². The predicted octanol–water partition coefficient (Wildman–Crippen LogP) is 0.795. The van der Waals surface area contributed by atoms with Gasteiger partial charge in [0.05, 0.1) is 6.10 Å². The molecule has 1 aliphatic heterocycles. The zero-order chi connectivity index (χ0) is 6.97. The lowest BCUT2D eigenvalue weighted by molar-refractivity contribution is 0.143. The summed E-state index contributed by atoms with van der Waals surface area (Å²) in [6.07, 6.45) is 3.69. The molecule has 0 unspecified atom stereocenters. The van der Waals surface area contributed by atoms with Gasteiger partial charge in [0.1, 0.15) is 0 Å². The Balaban J connectivity index is 2.30. The molecule has 2 nitrogen and oxygen atoms in total. The zero-order valence-electron chi connectivity index (χ0n) is 5.83. The molecule has 10 heavy (non-hydrogen) atoms. The summed E-state index contributed by atoms with van der Waals surface area (Å²) < 4.78 is 2.20. The first kappa shape index (κ1) is 5.98. The molecule has 1 aliphatic rings. The second-order valence-corrected chi connectivity index (χ2v) is 2.84. The van der Waals surface area contributed by atoms with Crippen molar-refractivity contribution in [1.29, 1.82) is 0 Å². The molecule has 1 aromatic heterocycles. The van der Waals surface area contributed by atoms with Crippen molar-refractivity contribution in [2.24, 2.45) is 0 Å². The normalized spacial score (nSPS) is 24.3. The van der Waals surface area contributed by atoms with E-state index >= 15 is 0 Å². The number of aryl methyl sites for hydroxylation is 1. The van der Waals surface area contributed by atoms with E-state index in [4.69, 9.17) is 0 Å². The van der Waals surface area contributed by atoms with Crippen LogP contribution in [0.3, 0.4) is 0 Å². The van der Waals surface area contributed by atoms with Crippen molar-refractivity contribution >= 4 is 0 Å². The van der Waals surface area contributed by atoms with Gasteiger partial charge in [0.2, 0.25) is 0 Å². The fourth-order valence-corrected chi connectivity index (χ4v) is 1.48. The molecule has 0 bridgehead atoms. The van der Waals surface area contributed by atoms with Gasteiger partial charge in [-0.2, -0.15) is 0 Å². The van der Waals surface area contributed by atoms with Gasteiger partial charge < -0.3 is 9.67 Å². The summed E-state index contributed by atoms with van der Waals surface area (Å²) >= 11 is 0. The molecule has 0 aliphatic carbocycles. The van der Waals surface area contributed by atoms with Crippen LogP contribution in [-0.4, -0.2) is 15.8 Å². The SMILES string of the molecule is O[C@@H]1CCn2cccc2C1. The minimum atomic E-state index is -0.109. The molecule has 0 fully saturated rings. The summed E-state index contributed by atoms with van der Waals surface area (Å²) in [6.45, 7) is 0.976. The quantitative estimate of drug-likeness (QED) is 0.562. The van der Waals surface area contributed by atoms with Crippen LogP contribution in [0.1, 0.15) is 12.1 Å². The van der Waals surface area contributed by atoms with Crippen molar-refractivity contribution in [2.75, 3.05) is 0 Å². The van der Waals surface area contributed by atoms with Crippen LogP contribution in [0.2, 0.25) is 0 Å². The van der Waals surface area contributed by atoms with Crippen molar-refractivity contribution in [3.8, 4) is 0 Å². The van der Waals surface area contributed by atoms with E-state index in [2.05, 4.69) is 16.8 Å². The van der Waals surface area contributed by atoms with E-state index in [1.54, 1.807) is 0 Å². The van der Waals surface area contributed by atoms with Crippen LogP contribution in [-0.2, 0) is 13.0 Å². The molecule has 2 rings (SSSR count). The highest BCUT2D eigenvalue weighted by Crippen LogP contribution is 2.14. The Morgan fingerprint density at radius 3 is 3.40 bits per heavy atom. The average molecular weight is 137 g/mol. The van der Waals surface area contributed by atoms with E-state index in [0.29, 0.717) is 0 Å². The summed E-state index contributed by atoms with van der Waals surface area (Å²) in [5.41, 5.74) is 1.26. The fraction of sp³-hybridized carbons (Fsp3) is 0.500. The maximum atomic E-state index is 9.26. The Morgan fingerprint density at radius 2 is 2.50 bits per heavy atom. The lowest BCUT2D eigenvalue weighted by Gasteiger charge is -2.19. The lowest BCUT2D eigenvalue weighted by Crippen LogP contribution is -2.21. The van der Waals surface area contributed by atoms with Gasteiger partial charge >= 0.3 is 0 Å². The van der Waals surface area contributed by atoms with Gasteiger partial charge in [-0.05, 0) is 18.6 Å². The van der Waals surface area contributed by atoms with E-state index in [0.717, 1.165) is 19.4 Å². The van der Waals surface area contributed by atoms with Crippen LogP contribution in [0.25, 0.3) is 0 Å². The minimum absolute atomic E-state index is 0.109. The Kier molecular flexibility index (Phi) is 1.27. The Bertz CT molecular complexity index is 229. The van der Waals surface area contributed by atoms with Gasteiger partial charge in [-0.15, -0.1) is 0 Å². The summed E-state index contributed by atoms with van der Waals surface area (Å²) in [7, 11) is 0. The number of hydrogen-bond acceptors (Lipinski definition) is 1. The van der Waals surface area contributed by atoms with Crippen molar-refractivity contribution < 1.29 is 5.11 Å². The van der Waals surface area contributed by atoms with Gasteiger partial charge in [0.15, 0.2) is 0 Å². The second kappa shape index (κ2) is 2.13. The van der Waals surface area contributed by atoms with Gasteiger partial charge in [0.25, 0.3) is 0 Å². The van der Waals surface area contributed by atoms with Gasteiger partial charge in [0, 0.05) is 24.9 Å². The van der Waals surface area contributed by atoms with Gasteiger partial charge in [-0.1, -0.05) is 0 Å². The zero-order valence-corrected chi connectivity index (χ0v) is 5.83. The summed E-state index contributed by atoms with van der Waals surface area (Å²) in [4.78, 5) is 0. The number of aromatic nitrogens is 1. The molecule has 1 N–H and O–H groups in total. The number of aliphatic hydroxyl groups excluding tert-OH is 1. The number of aliphatic hydroxyl groups is 1. The molecular weight excluding hydrogens is 126 g/mol. The monoisotopic (exact) mass is 137 g/mol. The molecule has 2 heteroatoms. The van der Waals surface area contributed by atoms with Crippen LogP contribution in [0.15, 0.2) is 18.3 Å². The van der Waals surface area contributed by atoms with Crippen LogP contribution in [0, 0.1) is 0 Å². The third-order valence-electron chi connectivity index (χ3n) is 2.07. The second-order valence-electron chi connectivity index (χ2n) is 2.84. The van der Waals surface area contributed by atoms with Crippen molar-refractivity contribution in [2.45, 2.75) is 25.5 Å². The van der Waals surface area contributed by atoms with Gasteiger partial charge in [-0.25, -0.2) is 0 Å². The third kappa shape index (κ3) is 0.847. The van der Waals surface area contributed by atoms with Gasteiger partial charge in [-0.3, -0.25) is 0 Å². The van der Waals surface area contributed by atoms with Crippen LogP contribution < -0.4 is 0 Å². The molecule has 0 radical (unpaired) electrons. The summed E-state index contributed by atoms with van der Waals surface area (Å²) in [5.74, 6) is 0. The number of fused-ring (bicyclic) bond motifs is 1. The Hall–Kier alpha value is -0.760. The minimum Gasteiger partial charge on any atom is -0.393 e. The molecule has 0 saturated heterocycles. The first-order valence-electron chi connectivity index (χ1n) is 3.68. The van der Waals surface area contributed by atoms with Crippen LogP contribution in [0.4, 0.5) is 0 Å². The van der Waals surface area contributed by atoms with E-state index < -0.39 is 0 Å². The molecule has 0 spiro atoms. The van der Waals surface area contributed by atoms with E-state index in [9.17, 15) is 5.11 Å². The van der Waals surface area contributed by atoms with Crippen molar-refractivity contribution in [1.82, 2.24) is 4.57 Å². The summed E-state index contributed by atoms with van der Waals surface area (Å²) in [5, 5.41) is 9.26. The average Bonchev–Trinajstić information content (AvgIpc) is 2.33. The topological polar surface area (TPSA) is 25.2 Å². The van der Waals surface area contributed by atoms with Crippen molar-refractivity contribution in [3.63, 3.8) is 0 Å². The molecule has 0 aromatic carbocycles. The third-order valence-corrected chi connectivity index (χ3v) is 2.07. The number of rotatable bonds is 0. The van der Waals surface area contributed by atoms with E-state index in [1.807, 2.05) is 6.07 Å². The lowest BCUT2D eigenvalue weighted by atomic mass is 10.1. The number of hydrogen-bond donors (Lipinski definition) is 1. The molecule has 1 atom stereocenters. The van der Waals surface area contributed by atoms with E-state index in [-0.39, 0.29) is 6.10 Å². The maximum Gasteiger partial charge on any atom is 0.0611 e. The first-order valence-corrected chi connectivity index (χ1v) is 3.68. The Morgan fingerprint density at radius 1 is 1.60 bits per heavy atom. The highest BCUT2D eigenvalue weighted by molar-refractivity contribution is 5.10.